The Morgan fingerprint density at radius 2 is 0.621 bits per heavy atom. The third-order valence-corrected chi connectivity index (χ3v) is 12.3. The van der Waals surface area contributed by atoms with Crippen molar-refractivity contribution in [3.63, 3.8) is 0 Å². The first-order valence-corrected chi connectivity index (χ1v) is 20.2. The first-order chi connectivity index (χ1) is 27.8. The molecule has 0 saturated carbocycles. The molecule has 0 aromatic heterocycles. The fourth-order valence-corrected chi connectivity index (χ4v) is 9.16. The molecule has 58 heavy (non-hydrogen) atoms. The van der Waals surface area contributed by atoms with Crippen molar-refractivity contribution < 1.29 is 10.2 Å². The third kappa shape index (κ3) is 5.90. The number of nitrogens with zero attached hydrogens (tertiary/aromatic N) is 2. The van der Waals surface area contributed by atoms with Crippen LogP contribution in [0.1, 0.15) is 63.8 Å². The minimum atomic E-state index is -1.48. The van der Waals surface area contributed by atoms with E-state index in [9.17, 15) is 10.2 Å². The summed E-state index contributed by atoms with van der Waals surface area (Å²) in [6.45, 7) is 12.5. The Balaban J connectivity index is 1.28. The number of anilines is 6. The molecule has 2 N–H and O–H groups in total. The van der Waals surface area contributed by atoms with Crippen molar-refractivity contribution in [3.8, 4) is 0 Å². The van der Waals surface area contributed by atoms with Gasteiger partial charge in [0.2, 0.25) is 0 Å². The van der Waals surface area contributed by atoms with Gasteiger partial charge in [-0.25, -0.2) is 0 Å². The zero-order valence-electron chi connectivity index (χ0n) is 34.1. The van der Waals surface area contributed by atoms with Crippen LogP contribution in [0.15, 0.2) is 182 Å². The van der Waals surface area contributed by atoms with Crippen molar-refractivity contribution in [2.24, 2.45) is 10.8 Å². The Hall–Kier alpha value is -6.20. The number of benzene rings is 8. The average molecular weight is 759 g/mol. The largest absolute Gasteiger partial charge is 0.380 e. The van der Waals surface area contributed by atoms with E-state index in [0.29, 0.717) is 22.3 Å². The fraction of sp³-hybridized carbons (Fsp3) is 0.185. The fourth-order valence-electron chi connectivity index (χ4n) is 9.16. The highest BCUT2D eigenvalue weighted by Gasteiger charge is 2.58. The van der Waals surface area contributed by atoms with Gasteiger partial charge < -0.3 is 20.0 Å². The Labute approximate surface area is 342 Å². The van der Waals surface area contributed by atoms with E-state index in [1.54, 1.807) is 0 Å². The second-order valence-electron chi connectivity index (χ2n) is 17.8. The van der Waals surface area contributed by atoms with Crippen LogP contribution in [0.5, 0.6) is 0 Å². The molecule has 2 atom stereocenters. The Morgan fingerprint density at radius 1 is 0.310 bits per heavy atom. The minimum Gasteiger partial charge on any atom is -0.380 e. The zero-order chi connectivity index (χ0) is 40.5. The highest BCUT2D eigenvalue weighted by molar-refractivity contribution is 5.91. The molecular weight excluding hydrogens is 709 g/mol. The predicted molar refractivity (Wildman–Crippen MR) is 242 cm³/mol. The molecule has 8 aromatic rings. The molecule has 0 radical (unpaired) electrons. The normalized spacial score (nSPS) is 17.8. The van der Waals surface area contributed by atoms with Gasteiger partial charge in [0.05, 0.1) is 0 Å². The summed E-state index contributed by atoms with van der Waals surface area (Å²) in [5.74, 6) is 0. The molecule has 0 saturated heterocycles. The summed E-state index contributed by atoms with van der Waals surface area (Å²) in [4.78, 5) is 4.48. The van der Waals surface area contributed by atoms with Crippen molar-refractivity contribution >= 4 is 55.7 Å². The molecule has 4 nitrogen and oxygen atoms in total. The van der Waals surface area contributed by atoms with Crippen LogP contribution >= 0.6 is 0 Å². The van der Waals surface area contributed by atoms with Crippen LogP contribution in [-0.2, 0) is 11.2 Å². The maximum absolute atomic E-state index is 13.6. The molecular formula is C54H50N2O2. The van der Waals surface area contributed by atoms with E-state index in [1.165, 1.54) is 10.8 Å². The van der Waals surface area contributed by atoms with Crippen molar-refractivity contribution in [2.45, 2.75) is 52.7 Å². The number of hydrogen-bond acceptors (Lipinski definition) is 4. The molecule has 4 heteroatoms. The topological polar surface area (TPSA) is 46.9 Å². The van der Waals surface area contributed by atoms with Gasteiger partial charge in [-0.15, -0.1) is 0 Å². The quantitative estimate of drug-likeness (QED) is 0.177. The molecule has 1 aliphatic carbocycles. The monoisotopic (exact) mass is 758 g/mol. The molecule has 0 spiro atoms. The summed E-state index contributed by atoms with van der Waals surface area (Å²) in [5, 5.41) is 31.9. The lowest BCUT2D eigenvalue weighted by atomic mass is 9.55. The summed E-state index contributed by atoms with van der Waals surface area (Å²) >= 11 is 0. The van der Waals surface area contributed by atoms with Gasteiger partial charge in [-0.1, -0.05) is 151 Å². The van der Waals surface area contributed by atoms with E-state index >= 15 is 0 Å². The number of para-hydroxylation sites is 2. The van der Waals surface area contributed by atoms with Gasteiger partial charge in [0, 0.05) is 34.1 Å². The van der Waals surface area contributed by atoms with E-state index in [2.05, 4.69) is 221 Å². The molecule has 9 rings (SSSR count). The summed E-state index contributed by atoms with van der Waals surface area (Å²) in [6, 6.07) is 63.1. The predicted octanol–water partition coefficient (Wildman–Crippen LogP) is 13.8. The van der Waals surface area contributed by atoms with Gasteiger partial charge in [0.15, 0.2) is 0 Å². The lowest BCUT2D eigenvalue weighted by molar-refractivity contribution is -0.0702. The first-order valence-electron chi connectivity index (χ1n) is 20.2. The van der Waals surface area contributed by atoms with E-state index in [0.717, 1.165) is 44.9 Å². The smallest absolute Gasteiger partial charge is 0.120 e. The molecule has 0 heterocycles. The lowest BCUT2D eigenvalue weighted by Crippen LogP contribution is -2.53. The van der Waals surface area contributed by atoms with Crippen LogP contribution in [0.25, 0.3) is 21.5 Å². The van der Waals surface area contributed by atoms with Crippen LogP contribution in [0.4, 0.5) is 34.1 Å². The van der Waals surface area contributed by atoms with E-state index in [-0.39, 0.29) is 0 Å². The average Bonchev–Trinajstić information content (AvgIpc) is 3.23. The molecule has 0 aliphatic heterocycles. The van der Waals surface area contributed by atoms with Gasteiger partial charge in [-0.05, 0) is 127 Å². The second-order valence-corrected chi connectivity index (χ2v) is 17.8. The molecule has 0 fully saturated rings. The minimum absolute atomic E-state index is 0.673. The summed E-state index contributed by atoms with van der Waals surface area (Å²) in [6.07, 6.45) is 0. The van der Waals surface area contributed by atoms with Crippen LogP contribution in [0, 0.1) is 10.8 Å². The molecule has 0 bridgehead atoms. The maximum atomic E-state index is 13.6. The van der Waals surface area contributed by atoms with Crippen LogP contribution < -0.4 is 9.80 Å². The molecule has 8 aromatic carbocycles. The third-order valence-electron chi connectivity index (χ3n) is 12.3. The van der Waals surface area contributed by atoms with Gasteiger partial charge in [-0.2, -0.15) is 0 Å². The lowest BCUT2D eigenvalue weighted by Gasteiger charge is -2.54. The summed E-state index contributed by atoms with van der Waals surface area (Å²) in [7, 11) is 0. The van der Waals surface area contributed by atoms with E-state index < -0.39 is 22.0 Å². The van der Waals surface area contributed by atoms with Gasteiger partial charge >= 0.3 is 0 Å². The number of hydrogen-bond donors (Lipinski definition) is 2. The Kier molecular flexibility index (Phi) is 8.85. The van der Waals surface area contributed by atoms with Crippen LogP contribution in [-0.4, -0.2) is 10.2 Å². The summed E-state index contributed by atoms with van der Waals surface area (Å²) in [5.41, 5.74) is 4.31. The molecule has 1 aliphatic rings. The maximum Gasteiger partial charge on any atom is 0.120 e. The molecule has 288 valence electrons. The summed E-state index contributed by atoms with van der Waals surface area (Å²) < 4.78 is 0. The first kappa shape index (κ1) is 37.4. The number of rotatable bonds is 6. The number of fused-ring (bicyclic) bond motifs is 4. The Morgan fingerprint density at radius 3 is 0.983 bits per heavy atom. The highest BCUT2D eigenvalue weighted by Crippen LogP contribution is 2.60. The molecule has 0 amide bonds. The van der Waals surface area contributed by atoms with Gasteiger partial charge in [0.25, 0.3) is 0 Å². The van der Waals surface area contributed by atoms with E-state index in [1.807, 2.05) is 12.1 Å². The van der Waals surface area contributed by atoms with E-state index in [4.69, 9.17) is 0 Å². The molecule has 2 unspecified atom stereocenters. The van der Waals surface area contributed by atoms with Crippen molar-refractivity contribution in [1.82, 2.24) is 0 Å². The zero-order valence-corrected chi connectivity index (χ0v) is 34.1. The Bertz CT molecular complexity index is 2610. The van der Waals surface area contributed by atoms with Crippen molar-refractivity contribution in [1.29, 1.82) is 0 Å². The van der Waals surface area contributed by atoms with Crippen molar-refractivity contribution in [3.05, 3.63) is 204 Å². The SMILES string of the molecule is CC(C)(C)C1(O)c2ccc(N(c3ccccc3)c3ccc4ccccc4c3)cc2C(O)(C(C)(C)C)c2ccc(N(c3ccccc3)c3ccc4ccccc4c3)cc21. The van der Waals surface area contributed by atoms with Crippen LogP contribution in [0.3, 0.4) is 0 Å². The standard InChI is InChI=1S/C54H50N2O2/c1-51(2,3)53(57)47-31-29-46(56(42-23-11-8-12-24-42)44-28-26-38-18-14-16-20-40(38)34-44)36-50(47)54(58,52(4,5)6)48-32-30-45(35-49(48)53)55(41-21-9-7-10-22-41)43-27-25-37-17-13-15-19-39(37)33-43/h7-36,57-58H,1-6H3. The highest BCUT2D eigenvalue weighted by atomic mass is 16.3. The number of aliphatic hydroxyl groups is 2. The van der Waals surface area contributed by atoms with Crippen LogP contribution in [0.2, 0.25) is 0 Å². The second kappa shape index (κ2) is 13.7. The van der Waals surface area contributed by atoms with Gasteiger partial charge in [-0.3, -0.25) is 0 Å². The van der Waals surface area contributed by atoms with Gasteiger partial charge in [0.1, 0.15) is 11.2 Å². The van der Waals surface area contributed by atoms with Crippen molar-refractivity contribution in [2.75, 3.05) is 9.80 Å².